The second-order valence-electron chi connectivity index (χ2n) is 7.21. The number of benzene rings is 1. The molecule has 1 saturated heterocycles. The van der Waals surface area contributed by atoms with Gasteiger partial charge in [-0.2, -0.15) is 5.26 Å². The van der Waals surface area contributed by atoms with Crippen molar-refractivity contribution < 1.29 is 0 Å². The number of anilines is 1. The molecule has 2 N–H and O–H groups in total. The summed E-state index contributed by atoms with van der Waals surface area (Å²) in [6, 6.07) is 10.5. The Morgan fingerprint density at radius 1 is 1.37 bits per heavy atom. The van der Waals surface area contributed by atoms with E-state index in [9.17, 15) is 5.26 Å². The number of piperidine rings is 1. The van der Waals surface area contributed by atoms with Gasteiger partial charge in [-0.3, -0.25) is 4.99 Å². The number of hydrogen-bond donors (Lipinski definition) is 2. The van der Waals surface area contributed by atoms with Crippen molar-refractivity contribution >= 4 is 11.6 Å². The Bertz CT molecular complexity index is 636. The van der Waals surface area contributed by atoms with Gasteiger partial charge in [0.25, 0.3) is 0 Å². The van der Waals surface area contributed by atoms with E-state index in [1.165, 1.54) is 12.8 Å². The predicted octanol–water partition coefficient (Wildman–Crippen LogP) is 2.42. The van der Waals surface area contributed by atoms with Gasteiger partial charge in [0.15, 0.2) is 5.96 Å². The molecular formula is C21H34N6. The largest absolute Gasteiger partial charge is 0.368 e. The Hall–Kier alpha value is -2.26. The van der Waals surface area contributed by atoms with Crippen molar-refractivity contribution in [2.45, 2.75) is 38.6 Å². The predicted molar refractivity (Wildman–Crippen MR) is 113 cm³/mol. The quantitative estimate of drug-likeness (QED) is 0.543. The van der Waals surface area contributed by atoms with Gasteiger partial charge in [-0.25, -0.2) is 0 Å². The van der Waals surface area contributed by atoms with Crippen LogP contribution in [0, 0.1) is 11.3 Å². The molecular weight excluding hydrogens is 336 g/mol. The highest BCUT2D eigenvalue weighted by Crippen LogP contribution is 2.23. The first kappa shape index (κ1) is 21.0. The third-order valence-electron chi connectivity index (χ3n) is 5.03. The van der Waals surface area contributed by atoms with Gasteiger partial charge in [-0.1, -0.05) is 25.5 Å². The van der Waals surface area contributed by atoms with Crippen LogP contribution < -0.4 is 15.5 Å². The van der Waals surface area contributed by atoms with Gasteiger partial charge < -0.3 is 20.4 Å². The number of nitrogens with zero attached hydrogens (tertiary/aromatic N) is 4. The minimum Gasteiger partial charge on any atom is -0.368 e. The molecule has 1 fully saturated rings. The second-order valence-corrected chi connectivity index (χ2v) is 7.21. The zero-order valence-corrected chi connectivity index (χ0v) is 17.0. The number of para-hydroxylation sites is 1. The van der Waals surface area contributed by atoms with Crippen LogP contribution in [-0.4, -0.2) is 63.7 Å². The van der Waals surface area contributed by atoms with Crippen LogP contribution in [0.5, 0.6) is 0 Å². The molecule has 27 heavy (non-hydrogen) atoms. The zero-order chi connectivity index (χ0) is 19.5. The number of likely N-dealkylation sites (N-methyl/N-ethyl adjacent to an activating group) is 1. The third-order valence-corrected chi connectivity index (χ3v) is 5.03. The number of hydrogen-bond acceptors (Lipinski definition) is 4. The van der Waals surface area contributed by atoms with Crippen molar-refractivity contribution in [1.29, 1.82) is 5.26 Å². The van der Waals surface area contributed by atoms with E-state index in [4.69, 9.17) is 0 Å². The van der Waals surface area contributed by atoms with Crippen molar-refractivity contribution in [3.05, 3.63) is 29.8 Å². The standard InChI is InChI=1S/C21H34N6/c1-4-5-13-26(3)15-12-24-21(23-2)25-19-10-8-14-27(17-19)20-11-7-6-9-18(20)16-22/h6-7,9,11,19H,4-5,8,10,12-15,17H2,1-3H3,(H2,23,24,25). The monoisotopic (exact) mass is 370 g/mol. The van der Waals surface area contributed by atoms with Crippen molar-refractivity contribution in [2.24, 2.45) is 4.99 Å². The Morgan fingerprint density at radius 3 is 2.93 bits per heavy atom. The normalized spacial score (nSPS) is 17.7. The van der Waals surface area contributed by atoms with Gasteiger partial charge in [0, 0.05) is 39.3 Å². The van der Waals surface area contributed by atoms with Crippen LogP contribution in [0.15, 0.2) is 29.3 Å². The summed E-state index contributed by atoms with van der Waals surface area (Å²) in [7, 11) is 3.99. The van der Waals surface area contributed by atoms with E-state index in [2.05, 4.69) is 45.5 Å². The summed E-state index contributed by atoms with van der Waals surface area (Å²) < 4.78 is 0. The summed E-state index contributed by atoms with van der Waals surface area (Å²) in [5.74, 6) is 0.860. The summed E-state index contributed by atoms with van der Waals surface area (Å²) in [6.45, 7) is 7.13. The summed E-state index contributed by atoms with van der Waals surface area (Å²) in [5.41, 5.74) is 1.78. The van der Waals surface area contributed by atoms with Crippen LogP contribution in [0.25, 0.3) is 0 Å². The molecule has 0 saturated carbocycles. The molecule has 1 heterocycles. The highest BCUT2D eigenvalue weighted by molar-refractivity contribution is 5.80. The van der Waals surface area contributed by atoms with Crippen molar-refractivity contribution in [1.82, 2.24) is 15.5 Å². The number of aliphatic imine (C=N–C) groups is 1. The minimum atomic E-state index is 0.328. The minimum absolute atomic E-state index is 0.328. The van der Waals surface area contributed by atoms with Gasteiger partial charge in [0.05, 0.1) is 11.3 Å². The smallest absolute Gasteiger partial charge is 0.191 e. The molecule has 6 heteroatoms. The maximum Gasteiger partial charge on any atom is 0.191 e. The van der Waals surface area contributed by atoms with E-state index < -0.39 is 0 Å². The van der Waals surface area contributed by atoms with Gasteiger partial charge in [0.2, 0.25) is 0 Å². The lowest BCUT2D eigenvalue weighted by molar-refractivity contribution is 0.331. The molecule has 0 bridgehead atoms. The van der Waals surface area contributed by atoms with Crippen LogP contribution in [0.1, 0.15) is 38.2 Å². The molecule has 1 atom stereocenters. The Balaban J connectivity index is 1.84. The van der Waals surface area contributed by atoms with E-state index in [1.807, 2.05) is 31.3 Å². The Labute approximate surface area is 164 Å². The SMILES string of the molecule is CCCCN(C)CCNC(=NC)NC1CCCN(c2ccccc2C#N)C1. The molecule has 0 radical (unpaired) electrons. The molecule has 1 aromatic carbocycles. The van der Waals surface area contributed by atoms with Gasteiger partial charge >= 0.3 is 0 Å². The number of guanidine groups is 1. The highest BCUT2D eigenvalue weighted by Gasteiger charge is 2.22. The molecule has 2 rings (SSSR count). The number of nitrogens with one attached hydrogen (secondary N) is 2. The summed E-state index contributed by atoms with van der Waals surface area (Å²) in [5, 5.41) is 16.4. The average molecular weight is 371 g/mol. The summed E-state index contributed by atoms with van der Waals surface area (Å²) >= 11 is 0. The first-order valence-electron chi connectivity index (χ1n) is 10.1. The van der Waals surface area contributed by atoms with Gasteiger partial charge in [0.1, 0.15) is 6.07 Å². The second kappa shape index (κ2) is 11.5. The fraction of sp³-hybridized carbons (Fsp3) is 0.619. The van der Waals surface area contributed by atoms with E-state index in [-0.39, 0.29) is 0 Å². The van der Waals surface area contributed by atoms with E-state index >= 15 is 0 Å². The van der Waals surface area contributed by atoms with E-state index in [0.29, 0.717) is 6.04 Å². The van der Waals surface area contributed by atoms with E-state index in [0.717, 1.165) is 62.8 Å². The first-order valence-corrected chi connectivity index (χ1v) is 10.1. The van der Waals surface area contributed by atoms with Crippen LogP contribution in [0.2, 0.25) is 0 Å². The average Bonchev–Trinajstić information content (AvgIpc) is 2.71. The highest BCUT2D eigenvalue weighted by atomic mass is 15.2. The van der Waals surface area contributed by atoms with Gasteiger partial charge in [-0.15, -0.1) is 0 Å². The van der Waals surface area contributed by atoms with Gasteiger partial charge in [-0.05, 0) is 45.0 Å². The molecule has 0 aliphatic carbocycles. The summed E-state index contributed by atoms with van der Waals surface area (Å²) in [6.07, 6.45) is 4.69. The van der Waals surface area contributed by atoms with Crippen molar-refractivity contribution in [3.63, 3.8) is 0 Å². The summed E-state index contributed by atoms with van der Waals surface area (Å²) in [4.78, 5) is 9.04. The van der Waals surface area contributed by atoms with Crippen molar-refractivity contribution in [3.8, 4) is 6.07 Å². The topological polar surface area (TPSA) is 66.7 Å². The lowest BCUT2D eigenvalue weighted by Gasteiger charge is -2.35. The van der Waals surface area contributed by atoms with Crippen molar-refractivity contribution in [2.75, 3.05) is 51.7 Å². The van der Waals surface area contributed by atoms with Crippen LogP contribution in [-0.2, 0) is 0 Å². The molecule has 1 aliphatic heterocycles. The molecule has 0 amide bonds. The third kappa shape index (κ3) is 6.76. The van der Waals surface area contributed by atoms with Crippen LogP contribution >= 0.6 is 0 Å². The lowest BCUT2D eigenvalue weighted by atomic mass is 10.0. The number of nitriles is 1. The fourth-order valence-electron chi connectivity index (χ4n) is 3.45. The van der Waals surface area contributed by atoms with Crippen LogP contribution in [0.3, 0.4) is 0 Å². The Morgan fingerprint density at radius 2 is 2.19 bits per heavy atom. The first-order chi connectivity index (χ1) is 13.2. The van der Waals surface area contributed by atoms with Crippen LogP contribution in [0.4, 0.5) is 5.69 Å². The molecule has 0 aromatic heterocycles. The molecule has 6 nitrogen and oxygen atoms in total. The number of unbranched alkanes of at least 4 members (excludes halogenated alkanes) is 1. The molecule has 1 aromatic rings. The Kier molecular flexibility index (Phi) is 8.93. The fourth-order valence-corrected chi connectivity index (χ4v) is 3.45. The number of rotatable bonds is 8. The van der Waals surface area contributed by atoms with E-state index in [1.54, 1.807) is 0 Å². The zero-order valence-electron chi connectivity index (χ0n) is 17.0. The molecule has 1 unspecified atom stereocenters. The lowest BCUT2D eigenvalue weighted by Crippen LogP contribution is -2.52. The maximum absolute atomic E-state index is 9.37. The molecule has 148 valence electrons. The molecule has 0 spiro atoms. The maximum atomic E-state index is 9.37. The molecule has 1 aliphatic rings.